The molecule has 0 radical (unpaired) electrons. The number of rotatable bonds is 2. The smallest absolute Gasteiger partial charge is 0.408 e. The van der Waals surface area contributed by atoms with E-state index in [1.54, 1.807) is 0 Å². The lowest BCUT2D eigenvalue weighted by Gasteiger charge is -2.11. The SMILES string of the molecule is NC(c1ccc2[nH]c(=O)oc2c1)C1C2CCCCC21. The first-order valence-corrected chi connectivity index (χ1v) is 7.12. The van der Waals surface area contributed by atoms with Gasteiger partial charge in [-0.1, -0.05) is 18.9 Å². The summed E-state index contributed by atoms with van der Waals surface area (Å²) in [6.45, 7) is 0. The number of nitrogens with two attached hydrogens (primary N) is 1. The van der Waals surface area contributed by atoms with Gasteiger partial charge >= 0.3 is 5.76 Å². The summed E-state index contributed by atoms with van der Waals surface area (Å²) in [6, 6.07) is 5.91. The van der Waals surface area contributed by atoms with Crippen LogP contribution in [0, 0.1) is 17.8 Å². The summed E-state index contributed by atoms with van der Waals surface area (Å²) in [5, 5.41) is 0. The lowest BCUT2D eigenvalue weighted by atomic mass is 10.0. The molecule has 19 heavy (non-hydrogen) atoms. The van der Waals surface area contributed by atoms with Gasteiger partial charge in [-0.2, -0.15) is 0 Å². The van der Waals surface area contributed by atoms with E-state index in [1.165, 1.54) is 25.7 Å². The van der Waals surface area contributed by atoms with Crippen molar-refractivity contribution in [2.45, 2.75) is 31.7 Å². The van der Waals surface area contributed by atoms with Gasteiger partial charge in [-0.25, -0.2) is 4.79 Å². The highest BCUT2D eigenvalue weighted by molar-refractivity contribution is 5.72. The number of oxazole rings is 1. The van der Waals surface area contributed by atoms with Crippen LogP contribution in [0.5, 0.6) is 0 Å². The molecule has 2 aliphatic rings. The van der Waals surface area contributed by atoms with Crippen molar-refractivity contribution >= 4 is 11.1 Å². The van der Waals surface area contributed by atoms with Crippen molar-refractivity contribution in [3.63, 3.8) is 0 Å². The minimum Gasteiger partial charge on any atom is -0.408 e. The molecule has 3 atom stereocenters. The fourth-order valence-electron chi connectivity index (χ4n) is 3.97. The summed E-state index contributed by atoms with van der Waals surface area (Å²) < 4.78 is 5.11. The van der Waals surface area contributed by atoms with Gasteiger partial charge in [0, 0.05) is 6.04 Å². The highest BCUT2D eigenvalue weighted by Crippen LogP contribution is 2.59. The first-order chi connectivity index (χ1) is 9.24. The Morgan fingerprint density at radius 2 is 2.00 bits per heavy atom. The number of nitrogens with one attached hydrogen (secondary N) is 1. The molecule has 2 aromatic rings. The molecule has 4 heteroatoms. The van der Waals surface area contributed by atoms with Gasteiger partial charge in [0.25, 0.3) is 0 Å². The lowest BCUT2D eigenvalue weighted by Crippen LogP contribution is -2.14. The summed E-state index contributed by atoms with van der Waals surface area (Å²) >= 11 is 0. The van der Waals surface area contributed by atoms with E-state index in [2.05, 4.69) is 4.98 Å². The number of hydrogen-bond acceptors (Lipinski definition) is 3. The molecule has 0 bridgehead atoms. The van der Waals surface area contributed by atoms with Gasteiger partial charge in [-0.15, -0.1) is 0 Å². The topological polar surface area (TPSA) is 72.0 Å². The highest BCUT2D eigenvalue weighted by atomic mass is 16.4. The van der Waals surface area contributed by atoms with Crippen molar-refractivity contribution in [1.29, 1.82) is 0 Å². The van der Waals surface area contributed by atoms with Gasteiger partial charge in [0.05, 0.1) is 5.52 Å². The van der Waals surface area contributed by atoms with E-state index in [0.29, 0.717) is 11.5 Å². The minimum atomic E-state index is -0.402. The normalized spacial score (nSPS) is 31.1. The molecule has 2 fully saturated rings. The van der Waals surface area contributed by atoms with Gasteiger partial charge in [-0.05, 0) is 48.3 Å². The zero-order chi connectivity index (χ0) is 13.0. The minimum absolute atomic E-state index is 0.0812. The van der Waals surface area contributed by atoms with Crippen LogP contribution in [-0.2, 0) is 0 Å². The Morgan fingerprint density at radius 3 is 2.74 bits per heavy atom. The van der Waals surface area contributed by atoms with Crippen molar-refractivity contribution in [1.82, 2.24) is 4.98 Å². The predicted molar refractivity (Wildman–Crippen MR) is 72.7 cm³/mol. The summed E-state index contributed by atoms with van der Waals surface area (Å²) in [5.74, 6) is 1.89. The molecule has 1 heterocycles. The van der Waals surface area contributed by atoms with Gasteiger partial charge in [0.1, 0.15) is 0 Å². The maximum absolute atomic E-state index is 11.2. The largest absolute Gasteiger partial charge is 0.417 e. The van der Waals surface area contributed by atoms with Crippen LogP contribution in [0.1, 0.15) is 37.3 Å². The van der Waals surface area contributed by atoms with Crippen molar-refractivity contribution < 1.29 is 4.42 Å². The molecule has 4 nitrogen and oxygen atoms in total. The molecule has 2 saturated carbocycles. The van der Waals surface area contributed by atoms with E-state index < -0.39 is 5.76 Å². The van der Waals surface area contributed by atoms with Crippen molar-refractivity contribution in [2.75, 3.05) is 0 Å². The zero-order valence-corrected chi connectivity index (χ0v) is 10.8. The van der Waals surface area contributed by atoms with E-state index in [9.17, 15) is 4.79 Å². The van der Waals surface area contributed by atoms with Crippen molar-refractivity contribution in [3.05, 3.63) is 34.3 Å². The first-order valence-electron chi connectivity index (χ1n) is 7.12. The Balaban J connectivity index is 1.64. The quantitative estimate of drug-likeness (QED) is 0.869. The third-order valence-electron chi connectivity index (χ3n) is 4.97. The second-order valence-electron chi connectivity index (χ2n) is 5.99. The second kappa shape index (κ2) is 3.97. The van der Waals surface area contributed by atoms with Crippen LogP contribution >= 0.6 is 0 Å². The molecule has 1 aromatic heterocycles. The number of H-pyrrole nitrogens is 1. The third-order valence-corrected chi connectivity index (χ3v) is 4.97. The van der Waals surface area contributed by atoms with E-state index in [1.807, 2.05) is 18.2 Å². The number of benzene rings is 1. The maximum Gasteiger partial charge on any atom is 0.417 e. The van der Waals surface area contributed by atoms with Gasteiger partial charge in [0.2, 0.25) is 0 Å². The van der Waals surface area contributed by atoms with Crippen molar-refractivity contribution in [2.24, 2.45) is 23.5 Å². The molecule has 4 rings (SSSR count). The van der Waals surface area contributed by atoms with Crippen LogP contribution in [-0.4, -0.2) is 4.98 Å². The van der Waals surface area contributed by atoms with E-state index >= 15 is 0 Å². The number of aromatic nitrogens is 1. The lowest BCUT2D eigenvalue weighted by molar-refractivity contribution is 0.480. The summed E-state index contributed by atoms with van der Waals surface area (Å²) in [4.78, 5) is 13.8. The fourth-order valence-corrected chi connectivity index (χ4v) is 3.97. The highest BCUT2D eigenvalue weighted by Gasteiger charge is 2.53. The van der Waals surface area contributed by atoms with Gasteiger partial charge < -0.3 is 10.2 Å². The van der Waals surface area contributed by atoms with Crippen LogP contribution in [0.15, 0.2) is 27.4 Å². The molecule has 2 aliphatic carbocycles. The monoisotopic (exact) mass is 258 g/mol. The van der Waals surface area contributed by atoms with Crippen LogP contribution < -0.4 is 11.5 Å². The average molecular weight is 258 g/mol. The van der Waals surface area contributed by atoms with Crippen LogP contribution in [0.3, 0.4) is 0 Å². The van der Waals surface area contributed by atoms with E-state index in [-0.39, 0.29) is 6.04 Å². The Bertz CT molecular complexity index is 660. The molecular weight excluding hydrogens is 240 g/mol. The summed E-state index contributed by atoms with van der Waals surface area (Å²) in [5.41, 5.74) is 8.88. The Hall–Kier alpha value is -1.55. The Labute approximate surface area is 111 Å². The molecule has 0 spiro atoms. The molecule has 0 saturated heterocycles. The van der Waals surface area contributed by atoms with Crippen molar-refractivity contribution in [3.8, 4) is 0 Å². The molecule has 0 amide bonds. The molecule has 0 aliphatic heterocycles. The second-order valence-corrected chi connectivity index (χ2v) is 5.99. The zero-order valence-electron chi connectivity index (χ0n) is 10.8. The van der Waals surface area contributed by atoms with E-state index in [0.717, 1.165) is 22.9 Å². The summed E-state index contributed by atoms with van der Waals surface area (Å²) in [7, 11) is 0. The third kappa shape index (κ3) is 1.74. The molecular formula is C15H18N2O2. The standard InChI is InChI=1S/C15H18N2O2/c16-14(13-9-3-1-2-4-10(9)13)8-5-6-11-12(7-8)19-15(18)17-11/h5-7,9-10,13-14H,1-4,16H2,(H,17,18). The summed E-state index contributed by atoms with van der Waals surface area (Å²) in [6.07, 6.45) is 5.39. The Kier molecular flexibility index (Phi) is 2.36. The van der Waals surface area contributed by atoms with Gasteiger partial charge in [0.15, 0.2) is 5.58 Å². The molecule has 100 valence electrons. The van der Waals surface area contributed by atoms with Gasteiger partial charge in [-0.3, -0.25) is 4.98 Å². The average Bonchev–Trinajstić information content (AvgIpc) is 3.02. The number of fused-ring (bicyclic) bond motifs is 2. The van der Waals surface area contributed by atoms with Crippen LogP contribution in [0.2, 0.25) is 0 Å². The number of hydrogen-bond donors (Lipinski definition) is 2. The van der Waals surface area contributed by atoms with Crippen LogP contribution in [0.25, 0.3) is 11.1 Å². The van der Waals surface area contributed by atoms with Crippen LogP contribution in [0.4, 0.5) is 0 Å². The fraction of sp³-hybridized carbons (Fsp3) is 0.533. The molecule has 1 aromatic carbocycles. The Morgan fingerprint density at radius 1 is 1.26 bits per heavy atom. The number of aromatic amines is 1. The predicted octanol–water partition coefficient (Wildman–Crippen LogP) is 2.56. The molecule has 3 unspecified atom stereocenters. The maximum atomic E-state index is 11.2. The first kappa shape index (κ1) is 11.3. The molecule has 3 N–H and O–H groups in total. The van der Waals surface area contributed by atoms with E-state index in [4.69, 9.17) is 10.2 Å².